The molecule has 1 N–H and O–H groups in total. The molecule has 2 aliphatic heterocycles. The Labute approximate surface area is 180 Å². The molecule has 166 valence electrons. The third kappa shape index (κ3) is 4.13. The van der Waals surface area contributed by atoms with Crippen molar-refractivity contribution in [3.05, 3.63) is 36.4 Å². The van der Waals surface area contributed by atoms with Crippen LogP contribution >= 0.6 is 0 Å². The Kier molecular flexibility index (Phi) is 5.92. The molecule has 4 rings (SSSR count). The normalized spacial score (nSPS) is 18.5. The van der Waals surface area contributed by atoms with Gasteiger partial charge in [0.25, 0.3) is 0 Å². The SMILES string of the molecule is COc1ccc(NC(=O)[C@@H]2CCCN2S(=O)(=O)c2ccc3c(c2)OCCO3)cc1OC. The van der Waals surface area contributed by atoms with Gasteiger partial charge >= 0.3 is 0 Å². The van der Waals surface area contributed by atoms with Crippen LogP contribution in [-0.2, 0) is 14.8 Å². The van der Waals surface area contributed by atoms with Crippen LogP contribution in [0.2, 0.25) is 0 Å². The van der Waals surface area contributed by atoms with E-state index >= 15 is 0 Å². The van der Waals surface area contributed by atoms with Gasteiger partial charge in [-0.15, -0.1) is 0 Å². The molecule has 10 heteroatoms. The van der Waals surface area contributed by atoms with E-state index in [0.29, 0.717) is 54.7 Å². The van der Waals surface area contributed by atoms with Crippen molar-refractivity contribution in [1.29, 1.82) is 0 Å². The fraction of sp³-hybridized carbons (Fsp3) is 0.381. The second-order valence-corrected chi connectivity index (χ2v) is 9.03. The number of nitrogens with zero attached hydrogens (tertiary/aromatic N) is 1. The Balaban J connectivity index is 1.55. The van der Waals surface area contributed by atoms with E-state index in [9.17, 15) is 13.2 Å². The molecule has 0 bridgehead atoms. The van der Waals surface area contributed by atoms with Gasteiger partial charge < -0.3 is 24.3 Å². The number of nitrogens with one attached hydrogen (secondary N) is 1. The summed E-state index contributed by atoms with van der Waals surface area (Å²) in [4.78, 5) is 13.0. The number of anilines is 1. The molecular weight excluding hydrogens is 424 g/mol. The molecule has 9 nitrogen and oxygen atoms in total. The zero-order valence-electron chi connectivity index (χ0n) is 17.3. The molecule has 1 fully saturated rings. The molecule has 0 saturated carbocycles. The topological polar surface area (TPSA) is 103 Å². The van der Waals surface area contributed by atoms with Crippen molar-refractivity contribution in [2.24, 2.45) is 0 Å². The Morgan fingerprint density at radius 2 is 1.77 bits per heavy atom. The van der Waals surface area contributed by atoms with E-state index in [1.807, 2.05) is 0 Å². The minimum atomic E-state index is -3.89. The van der Waals surface area contributed by atoms with Crippen LogP contribution in [0.5, 0.6) is 23.0 Å². The fourth-order valence-electron chi connectivity index (χ4n) is 3.75. The minimum absolute atomic E-state index is 0.0718. The van der Waals surface area contributed by atoms with Gasteiger partial charge in [0.2, 0.25) is 15.9 Å². The second kappa shape index (κ2) is 8.64. The number of hydrogen-bond donors (Lipinski definition) is 1. The molecule has 0 unspecified atom stereocenters. The molecule has 31 heavy (non-hydrogen) atoms. The van der Waals surface area contributed by atoms with Gasteiger partial charge in [-0.25, -0.2) is 8.42 Å². The maximum absolute atomic E-state index is 13.3. The first-order valence-corrected chi connectivity index (χ1v) is 11.3. The van der Waals surface area contributed by atoms with Crippen LogP contribution in [0.15, 0.2) is 41.3 Å². The molecule has 0 radical (unpaired) electrons. The molecule has 1 saturated heterocycles. The van der Waals surface area contributed by atoms with Gasteiger partial charge in [-0.2, -0.15) is 4.31 Å². The second-order valence-electron chi connectivity index (χ2n) is 7.14. The van der Waals surface area contributed by atoms with Crippen LogP contribution in [0.4, 0.5) is 5.69 Å². The predicted octanol–water partition coefficient (Wildman–Crippen LogP) is 2.27. The number of carbonyl (C=O) groups is 1. The quantitative estimate of drug-likeness (QED) is 0.723. The Hall–Kier alpha value is -2.98. The number of rotatable bonds is 6. The van der Waals surface area contributed by atoms with Crippen molar-refractivity contribution in [2.45, 2.75) is 23.8 Å². The first-order chi connectivity index (χ1) is 14.9. The van der Waals surface area contributed by atoms with Crippen LogP contribution in [0.25, 0.3) is 0 Å². The van der Waals surface area contributed by atoms with Crippen molar-refractivity contribution < 1.29 is 32.2 Å². The maximum atomic E-state index is 13.3. The van der Waals surface area contributed by atoms with Gasteiger partial charge in [-0.3, -0.25) is 4.79 Å². The van der Waals surface area contributed by atoms with Gasteiger partial charge in [0.1, 0.15) is 19.3 Å². The summed E-state index contributed by atoms with van der Waals surface area (Å²) >= 11 is 0. The molecule has 2 aromatic rings. The standard InChI is InChI=1S/C21H24N2O7S/c1-27-17-7-5-14(12-19(17)28-2)22-21(24)16-4-3-9-23(16)31(25,26)15-6-8-18-20(13-15)30-11-10-29-18/h5-8,12-13,16H,3-4,9-11H2,1-2H3,(H,22,24)/t16-/m0/s1. The van der Waals surface area contributed by atoms with E-state index in [2.05, 4.69) is 5.32 Å². The first-order valence-electron chi connectivity index (χ1n) is 9.88. The van der Waals surface area contributed by atoms with Crippen molar-refractivity contribution in [2.75, 3.05) is 39.3 Å². The lowest BCUT2D eigenvalue weighted by atomic mass is 10.2. The van der Waals surface area contributed by atoms with E-state index in [1.54, 1.807) is 24.3 Å². The van der Waals surface area contributed by atoms with Gasteiger partial charge in [-0.1, -0.05) is 0 Å². The Morgan fingerprint density at radius 3 is 2.52 bits per heavy atom. The lowest BCUT2D eigenvalue weighted by Gasteiger charge is -2.25. The highest BCUT2D eigenvalue weighted by molar-refractivity contribution is 7.89. The summed E-state index contributed by atoms with van der Waals surface area (Å²) in [5.74, 6) is 1.50. The van der Waals surface area contributed by atoms with Crippen molar-refractivity contribution in [3.63, 3.8) is 0 Å². The summed E-state index contributed by atoms with van der Waals surface area (Å²) in [5.41, 5.74) is 0.492. The lowest BCUT2D eigenvalue weighted by molar-refractivity contribution is -0.119. The van der Waals surface area contributed by atoms with Gasteiger partial charge in [0, 0.05) is 24.4 Å². The number of benzene rings is 2. The number of hydrogen-bond acceptors (Lipinski definition) is 7. The molecule has 0 spiro atoms. The Bertz CT molecular complexity index is 1090. The molecule has 0 aliphatic carbocycles. The van der Waals surface area contributed by atoms with Gasteiger partial charge in [0.05, 0.1) is 19.1 Å². The number of ether oxygens (including phenoxy) is 4. The molecule has 0 aromatic heterocycles. The molecule has 2 aromatic carbocycles. The molecule has 1 atom stereocenters. The first kappa shape index (κ1) is 21.3. The zero-order chi connectivity index (χ0) is 22.0. The van der Waals surface area contributed by atoms with Crippen molar-refractivity contribution in [3.8, 4) is 23.0 Å². The van der Waals surface area contributed by atoms with Crippen LogP contribution in [0.1, 0.15) is 12.8 Å². The summed E-state index contributed by atoms with van der Waals surface area (Å²) in [7, 11) is -0.865. The molecule has 2 aliphatic rings. The zero-order valence-corrected chi connectivity index (χ0v) is 18.1. The largest absolute Gasteiger partial charge is 0.493 e. The number of sulfonamides is 1. The van der Waals surface area contributed by atoms with E-state index in [4.69, 9.17) is 18.9 Å². The highest BCUT2D eigenvalue weighted by Crippen LogP contribution is 2.35. The summed E-state index contributed by atoms with van der Waals surface area (Å²) in [5, 5.41) is 2.79. The van der Waals surface area contributed by atoms with E-state index < -0.39 is 22.0 Å². The van der Waals surface area contributed by atoms with Gasteiger partial charge in [-0.05, 0) is 37.1 Å². The van der Waals surface area contributed by atoms with Crippen LogP contribution in [0, 0.1) is 0 Å². The third-order valence-corrected chi connectivity index (χ3v) is 7.18. The average molecular weight is 448 g/mol. The monoisotopic (exact) mass is 448 g/mol. The number of carbonyl (C=O) groups excluding carboxylic acids is 1. The minimum Gasteiger partial charge on any atom is -0.493 e. The highest BCUT2D eigenvalue weighted by Gasteiger charge is 2.40. The number of methoxy groups -OCH3 is 2. The third-order valence-electron chi connectivity index (χ3n) is 5.28. The average Bonchev–Trinajstić information content (AvgIpc) is 3.30. The number of amides is 1. The smallest absolute Gasteiger partial charge is 0.243 e. The highest BCUT2D eigenvalue weighted by atomic mass is 32.2. The maximum Gasteiger partial charge on any atom is 0.243 e. The van der Waals surface area contributed by atoms with E-state index in [0.717, 1.165) is 0 Å². The Morgan fingerprint density at radius 1 is 1.03 bits per heavy atom. The summed E-state index contributed by atoms with van der Waals surface area (Å²) in [6.07, 6.45) is 1.02. The molecular formula is C21H24N2O7S. The van der Waals surface area contributed by atoms with E-state index in [1.165, 1.54) is 30.7 Å². The van der Waals surface area contributed by atoms with E-state index in [-0.39, 0.29) is 11.4 Å². The van der Waals surface area contributed by atoms with Gasteiger partial charge in [0.15, 0.2) is 23.0 Å². The van der Waals surface area contributed by atoms with Crippen molar-refractivity contribution >= 4 is 21.6 Å². The molecule has 1 amide bonds. The molecule has 2 heterocycles. The summed E-state index contributed by atoms with van der Waals surface area (Å²) < 4.78 is 49.2. The van der Waals surface area contributed by atoms with Crippen LogP contribution in [0.3, 0.4) is 0 Å². The van der Waals surface area contributed by atoms with Crippen LogP contribution < -0.4 is 24.3 Å². The lowest BCUT2D eigenvalue weighted by Crippen LogP contribution is -2.43. The predicted molar refractivity (Wildman–Crippen MR) is 113 cm³/mol. The summed E-state index contributed by atoms with van der Waals surface area (Å²) in [6, 6.07) is 8.67. The summed E-state index contributed by atoms with van der Waals surface area (Å²) in [6.45, 7) is 1.04. The van der Waals surface area contributed by atoms with Crippen molar-refractivity contribution in [1.82, 2.24) is 4.31 Å². The number of fused-ring (bicyclic) bond motifs is 1. The fourth-order valence-corrected chi connectivity index (χ4v) is 5.42. The van der Waals surface area contributed by atoms with Crippen LogP contribution in [-0.4, -0.2) is 58.7 Å².